The first-order valence-corrected chi connectivity index (χ1v) is 6.92. The van der Waals surface area contributed by atoms with Gasteiger partial charge in [0.25, 0.3) is 0 Å². The molecule has 0 bridgehead atoms. The number of aryl methyl sites for hydroxylation is 1. The lowest BCUT2D eigenvalue weighted by Crippen LogP contribution is -2.09. The number of hydrogen-bond acceptors (Lipinski definition) is 4. The molecule has 5 heteroatoms. The Bertz CT molecular complexity index is 568. The minimum absolute atomic E-state index is 0.292. The molecule has 0 spiro atoms. The first-order valence-electron chi connectivity index (χ1n) is 5.85. The smallest absolute Gasteiger partial charge is 0.223 e. The van der Waals surface area contributed by atoms with E-state index in [1.807, 2.05) is 18.5 Å². The minimum Gasteiger partial charge on any atom is -0.399 e. The van der Waals surface area contributed by atoms with Gasteiger partial charge in [-0.3, -0.25) is 0 Å². The summed E-state index contributed by atoms with van der Waals surface area (Å²) in [5.74, 6) is 0.685. The third-order valence-electron chi connectivity index (χ3n) is 3.17. The van der Waals surface area contributed by atoms with Crippen LogP contribution in [0.25, 0.3) is 0 Å². The second-order valence-electron chi connectivity index (χ2n) is 4.42. The molecule has 0 saturated carbocycles. The van der Waals surface area contributed by atoms with Gasteiger partial charge in [-0.2, -0.15) is 0 Å². The first-order chi connectivity index (χ1) is 8.72. The van der Waals surface area contributed by atoms with Crippen LogP contribution in [0.15, 0.2) is 30.6 Å². The lowest BCUT2D eigenvalue weighted by Gasteiger charge is -2.13. The van der Waals surface area contributed by atoms with E-state index in [1.165, 1.54) is 11.1 Å². The van der Waals surface area contributed by atoms with E-state index in [4.69, 9.17) is 5.73 Å². The quantitative estimate of drug-likeness (QED) is 0.645. The summed E-state index contributed by atoms with van der Waals surface area (Å²) in [6, 6.07) is 6.40. The number of nitrogens with one attached hydrogen (secondary N) is 1. The summed E-state index contributed by atoms with van der Waals surface area (Å²) in [6.45, 7) is 0. The van der Waals surface area contributed by atoms with Gasteiger partial charge < -0.3 is 11.1 Å². The summed E-state index contributed by atoms with van der Waals surface area (Å²) >= 11 is 2.20. The molecular formula is C13H13IN4. The molecule has 4 nitrogen and oxygen atoms in total. The molecular weight excluding hydrogens is 339 g/mol. The van der Waals surface area contributed by atoms with E-state index in [0.717, 1.165) is 22.1 Å². The number of rotatable bonds is 2. The van der Waals surface area contributed by atoms with Crippen LogP contribution < -0.4 is 11.1 Å². The summed E-state index contributed by atoms with van der Waals surface area (Å²) < 4.78 is 1.04. The molecule has 0 saturated heterocycles. The molecule has 92 valence electrons. The predicted molar refractivity (Wildman–Crippen MR) is 80.3 cm³/mol. The Labute approximate surface area is 119 Å². The van der Waals surface area contributed by atoms with Crippen molar-refractivity contribution in [2.24, 2.45) is 0 Å². The number of fused-ring (bicyclic) bond motifs is 1. The third kappa shape index (κ3) is 2.27. The largest absolute Gasteiger partial charge is 0.399 e. The van der Waals surface area contributed by atoms with Crippen LogP contribution in [0, 0.1) is 3.57 Å². The van der Waals surface area contributed by atoms with Gasteiger partial charge in [-0.05, 0) is 58.7 Å². The van der Waals surface area contributed by atoms with Crippen molar-refractivity contribution in [2.75, 3.05) is 11.1 Å². The third-order valence-corrected chi connectivity index (χ3v) is 3.73. The van der Waals surface area contributed by atoms with Crippen molar-refractivity contribution in [3.8, 4) is 0 Å². The lowest BCUT2D eigenvalue weighted by atomic mass is 10.1. The standard InChI is InChI=1S/C13H13IN4/c14-9-6-16-13(17-7-9)18-12-4-1-8-5-10(15)2-3-11(8)12/h2-3,5-7,12H,1,4,15H2,(H,16,17,18). The van der Waals surface area contributed by atoms with E-state index in [1.54, 1.807) is 0 Å². The molecule has 3 rings (SSSR count). The molecule has 1 atom stereocenters. The summed E-state index contributed by atoms with van der Waals surface area (Å²) in [5, 5.41) is 3.38. The fraction of sp³-hybridized carbons (Fsp3) is 0.231. The number of halogens is 1. The molecule has 18 heavy (non-hydrogen) atoms. The number of nitrogens with two attached hydrogens (primary N) is 1. The molecule has 1 aliphatic carbocycles. The van der Waals surface area contributed by atoms with Gasteiger partial charge in [0.05, 0.1) is 6.04 Å². The normalized spacial score (nSPS) is 17.5. The van der Waals surface area contributed by atoms with Gasteiger partial charge >= 0.3 is 0 Å². The zero-order valence-corrected chi connectivity index (χ0v) is 11.9. The van der Waals surface area contributed by atoms with E-state index < -0.39 is 0 Å². The Morgan fingerprint density at radius 3 is 2.83 bits per heavy atom. The highest BCUT2D eigenvalue weighted by molar-refractivity contribution is 14.1. The Morgan fingerprint density at radius 1 is 1.28 bits per heavy atom. The zero-order valence-electron chi connectivity index (χ0n) is 9.73. The maximum Gasteiger partial charge on any atom is 0.223 e. The Kier molecular flexibility index (Phi) is 3.07. The Balaban J connectivity index is 1.82. The Hall–Kier alpha value is -1.37. The van der Waals surface area contributed by atoms with Gasteiger partial charge in [0.2, 0.25) is 5.95 Å². The van der Waals surface area contributed by atoms with Crippen LogP contribution in [-0.2, 0) is 6.42 Å². The minimum atomic E-state index is 0.292. The number of anilines is 2. The van der Waals surface area contributed by atoms with Crippen molar-refractivity contribution in [3.05, 3.63) is 45.3 Å². The van der Waals surface area contributed by atoms with Gasteiger partial charge in [0.15, 0.2) is 0 Å². The number of nitrogens with zero attached hydrogens (tertiary/aromatic N) is 2. The fourth-order valence-corrected chi connectivity index (χ4v) is 2.61. The molecule has 3 N–H and O–H groups in total. The molecule has 1 aromatic carbocycles. The van der Waals surface area contributed by atoms with Gasteiger partial charge in [0, 0.05) is 21.7 Å². The highest BCUT2D eigenvalue weighted by atomic mass is 127. The van der Waals surface area contributed by atoms with Crippen LogP contribution in [0.4, 0.5) is 11.6 Å². The molecule has 0 fully saturated rings. The summed E-state index contributed by atoms with van der Waals surface area (Å²) in [4.78, 5) is 8.56. The van der Waals surface area contributed by atoms with Gasteiger partial charge in [-0.1, -0.05) is 6.07 Å². The molecule has 0 amide bonds. The van der Waals surface area contributed by atoms with Crippen molar-refractivity contribution in [2.45, 2.75) is 18.9 Å². The fourth-order valence-electron chi connectivity index (χ4n) is 2.33. The van der Waals surface area contributed by atoms with Crippen molar-refractivity contribution in [3.63, 3.8) is 0 Å². The topological polar surface area (TPSA) is 63.8 Å². The Morgan fingerprint density at radius 2 is 2.06 bits per heavy atom. The van der Waals surface area contributed by atoms with Crippen LogP contribution in [0.2, 0.25) is 0 Å². The van der Waals surface area contributed by atoms with Crippen molar-refractivity contribution < 1.29 is 0 Å². The van der Waals surface area contributed by atoms with E-state index in [9.17, 15) is 0 Å². The number of hydrogen-bond donors (Lipinski definition) is 2. The number of aromatic nitrogens is 2. The highest BCUT2D eigenvalue weighted by Gasteiger charge is 2.22. The molecule has 1 aliphatic rings. The number of nitrogen functional groups attached to an aromatic ring is 1. The summed E-state index contributed by atoms with van der Waals surface area (Å²) in [5.41, 5.74) is 9.28. The molecule has 0 radical (unpaired) electrons. The highest BCUT2D eigenvalue weighted by Crippen LogP contribution is 2.34. The second-order valence-corrected chi connectivity index (χ2v) is 5.66. The second kappa shape index (κ2) is 4.72. The van der Waals surface area contributed by atoms with Gasteiger partial charge in [0.1, 0.15) is 0 Å². The van der Waals surface area contributed by atoms with Crippen molar-refractivity contribution >= 4 is 34.2 Å². The van der Waals surface area contributed by atoms with Gasteiger partial charge in [-0.25, -0.2) is 9.97 Å². The SMILES string of the molecule is Nc1ccc2c(c1)CCC2Nc1ncc(I)cn1. The predicted octanol–water partition coefficient (Wildman–Crippen LogP) is 2.76. The lowest BCUT2D eigenvalue weighted by molar-refractivity contribution is 0.750. The van der Waals surface area contributed by atoms with E-state index in [2.05, 4.69) is 50.0 Å². The molecule has 1 aromatic heterocycles. The van der Waals surface area contributed by atoms with E-state index >= 15 is 0 Å². The van der Waals surface area contributed by atoms with Crippen LogP contribution in [0.3, 0.4) is 0 Å². The molecule has 1 heterocycles. The van der Waals surface area contributed by atoms with Crippen LogP contribution in [0.1, 0.15) is 23.6 Å². The van der Waals surface area contributed by atoms with E-state index in [0.29, 0.717) is 12.0 Å². The van der Waals surface area contributed by atoms with Crippen molar-refractivity contribution in [1.29, 1.82) is 0 Å². The first kappa shape index (κ1) is 11.7. The van der Waals surface area contributed by atoms with Gasteiger partial charge in [-0.15, -0.1) is 0 Å². The maximum absolute atomic E-state index is 5.80. The monoisotopic (exact) mass is 352 g/mol. The van der Waals surface area contributed by atoms with Crippen LogP contribution in [-0.4, -0.2) is 9.97 Å². The summed E-state index contributed by atoms with van der Waals surface area (Å²) in [6.07, 6.45) is 5.75. The zero-order chi connectivity index (χ0) is 12.5. The average molecular weight is 352 g/mol. The molecule has 2 aromatic rings. The summed E-state index contributed by atoms with van der Waals surface area (Å²) in [7, 11) is 0. The van der Waals surface area contributed by atoms with Crippen molar-refractivity contribution in [1.82, 2.24) is 9.97 Å². The van der Waals surface area contributed by atoms with Crippen LogP contribution >= 0.6 is 22.6 Å². The van der Waals surface area contributed by atoms with Crippen LogP contribution in [0.5, 0.6) is 0 Å². The molecule has 0 aliphatic heterocycles. The maximum atomic E-state index is 5.80. The molecule has 1 unspecified atom stereocenters. The average Bonchev–Trinajstić information content (AvgIpc) is 2.74. The van der Waals surface area contributed by atoms with E-state index in [-0.39, 0.29) is 0 Å². The number of benzene rings is 1.